The van der Waals surface area contributed by atoms with Gasteiger partial charge in [-0.1, -0.05) is 27.7 Å². The van der Waals surface area contributed by atoms with Gasteiger partial charge in [-0.2, -0.15) is 0 Å². The van der Waals surface area contributed by atoms with E-state index in [1.54, 1.807) is 4.90 Å². The van der Waals surface area contributed by atoms with Gasteiger partial charge in [0.2, 0.25) is 5.91 Å². The molecule has 2 atom stereocenters. The zero-order valence-corrected chi connectivity index (χ0v) is 11.0. The van der Waals surface area contributed by atoms with Gasteiger partial charge in [0.05, 0.1) is 6.04 Å². The number of hydrogen-bond acceptors (Lipinski definition) is 2. The van der Waals surface area contributed by atoms with Gasteiger partial charge in [-0.15, -0.1) is 0 Å². The van der Waals surface area contributed by atoms with Crippen LogP contribution in [0, 0.1) is 11.3 Å². The summed E-state index contributed by atoms with van der Waals surface area (Å²) in [5, 5.41) is 0. The minimum Gasteiger partial charge on any atom is -0.333 e. The van der Waals surface area contributed by atoms with Crippen LogP contribution in [0.5, 0.6) is 0 Å². The molecule has 1 saturated heterocycles. The molecular weight excluding hydrogens is 202 g/mol. The van der Waals surface area contributed by atoms with Crippen molar-refractivity contribution in [1.29, 1.82) is 0 Å². The zero-order chi connectivity index (χ0) is 12.5. The van der Waals surface area contributed by atoms with Crippen LogP contribution < -0.4 is 0 Å². The summed E-state index contributed by atoms with van der Waals surface area (Å²) in [6.07, 6.45) is 1.09. The van der Waals surface area contributed by atoms with Crippen LogP contribution in [0.4, 0.5) is 0 Å². The average Bonchev–Trinajstić information content (AvgIpc) is 2.57. The molecule has 0 aromatic rings. The Morgan fingerprint density at radius 2 is 2.06 bits per heavy atom. The maximum atomic E-state index is 11.9. The highest BCUT2D eigenvalue weighted by Crippen LogP contribution is 2.35. The Hall–Kier alpha value is -0.860. The molecule has 0 bridgehead atoms. The fourth-order valence-corrected chi connectivity index (χ4v) is 2.16. The van der Waals surface area contributed by atoms with E-state index in [4.69, 9.17) is 0 Å². The third-order valence-electron chi connectivity index (χ3n) is 3.67. The minimum atomic E-state index is -0.246. The summed E-state index contributed by atoms with van der Waals surface area (Å²) in [4.78, 5) is 25.2. The van der Waals surface area contributed by atoms with Crippen LogP contribution in [0.2, 0.25) is 0 Å². The molecule has 0 N–H and O–H groups in total. The molecule has 0 radical (unpaired) electrons. The van der Waals surface area contributed by atoms with Gasteiger partial charge < -0.3 is 4.90 Å². The van der Waals surface area contributed by atoms with Gasteiger partial charge in [0, 0.05) is 19.4 Å². The topological polar surface area (TPSA) is 37.4 Å². The van der Waals surface area contributed by atoms with Crippen LogP contribution in [0.1, 0.15) is 47.5 Å². The molecule has 2 unspecified atom stereocenters. The molecule has 0 spiro atoms. The Morgan fingerprint density at radius 3 is 2.44 bits per heavy atom. The number of hydrogen-bond donors (Lipinski definition) is 0. The van der Waals surface area contributed by atoms with Crippen LogP contribution in [-0.4, -0.2) is 29.2 Å². The first-order valence-corrected chi connectivity index (χ1v) is 6.09. The quantitative estimate of drug-likeness (QED) is 0.738. The molecule has 1 heterocycles. The van der Waals surface area contributed by atoms with E-state index in [1.165, 1.54) is 0 Å². The molecular formula is C13H23NO2. The van der Waals surface area contributed by atoms with Crippen molar-refractivity contribution in [3.63, 3.8) is 0 Å². The summed E-state index contributed by atoms with van der Waals surface area (Å²) in [6.45, 7) is 10.9. The molecule has 1 aliphatic heterocycles. The van der Waals surface area contributed by atoms with Crippen LogP contribution in [0.15, 0.2) is 0 Å². The van der Waals surface area contributed by atoms with E-state index in [-0.39, 0.29) is 23.1 Å². The first-order valence-electron chi connectivity index (χ1n) is 6.09. The number of nitrogens with zero attached hydrogens (tertiary/aromatic N) is 1. The van der Waals surface area contributed by atoms with Crippen molar-refractivity contribution in [3.8, 4) is 0 Å². The normalized spacial score (nSPS) is 23.7. The molecule has 3 heteroatoms. The van der Waals surface area contributed by atoms with Gasteiger partial charge >= 0.3 is 0 Å². The lowest BCUT2D eigenvalue weighted by atomic mass is 9.80. The van der Waals surface area contributed by atoms with Gasteiger partial charge in [0.25, 0.3) is 0 Å². The third-order valence-corrected chi connectivity index (χ3v) is 3.67. The molecule has 0 aromatic heterocycles. The SMILES string of the molecule is CCC(=O)C(C)N1CC(C(C)(C)C)CC1=O. The molecule has 1 fully saturated rings. The fourth-order valence-electron chi connectivity index (χ4n) is 2.16. The minimum absolute atomic E-state index is 0.134. The van der Waals surface area contributed by atoms with Crippen molar-refractivity contribution in [2.45, 2.75) is 53.5 Å². The maximum absolute atomic E-state index is 11.9. The van der Waals surface area contributed by atoms with Crippen LogP contribution in [0.25, 0.3) is 0 Å². The maximum Gasteiger partial charge on any atom is 0.223 e. The van der Waals surface area contributed by atoms with Crippen molar-refractivity contribution in [2.24, 2.45) is 11.3 Å². The highest BCUT2D eigenvalue weighted by Gasteiger charge is 2.39. The molecule has 1 rings (SSSR count). The second-order valence-corrected chi connectivity index (χ2v) is 5.81. The molecule has 0 aliphatic carbocycles. The number of carbonyl (C=O) groups excluding carboxylic acids is 2. The van der Waals surface area contributed by atoms with Gasteiger partial charge in [-0.3, -0.25) is 9.59 Å². The lowest BCUT2D eigenvalue weighted by Gasteiger charge is -2.28. The average molecular weight is 225 g/mol. The van der Waals surface area contributed by atoms with E-state index in [2.05, 4.69) is 20.8 Å². The number of likely N-dealkylation sites (tertiary alicyclic amines) is 1. The number of carbonyl (C=O) groups is 2. The van der Waals surface area contributed by atoms with E-state index in [9.17, 15) is 9.59 Å². The van der Waals surface area contributed by atoms with Crippen molar-refractivity contribution >= 4 is 11.7 Å². The first kappa shape index (κ1) is 13.2. The fraction of sp³-hybridized carbons (Fsp3) is 0.846. The predicted molar refractivity (Wildman–Crippen MR) is 64.0 cm³/mol. The Labute approximate surface area is 98.2 Å². The number of amides is 1. The number of Topliss-reactive ketones (excluding diaryl/α,β-unsaturated/α-hetero) is 1. The van der Waals surface area contributed by atoms with E-state index in [0.29, 0.717) is 18.8 Å². The van der Waals surface area contributed by atoms with Gasteiger partial charge in [-0.25, -0.2) is 0 Å². The molecule has 16 heavy (non-hydrogen) atoms. The molecule has 1 aliphatic rings. The van der Waals surface area contributed by atoms with E-state index < -0.39 is 0 Å². The molecule has 3 nitrogen and oxygen atoms in total. The van der Waals surface area contributed by atoms with E-state index in [0.717, 1.165) is 6.54 Å². The van der Waals surface area contributed by atoms with Crippen molar-refractivity contribution in [2.75, 3.05) is 6.54 Å². The Balaban J connectivity index is 2.72. The van der Waals surface area contributed by atoms with Crippen molar-refractivity contribution in [1.82, 2.24) is 4.90 Å². The smallest absolute Gasteiger partial charge is 0.223 e. The molecule has 0 aromatic carbocycles. The summed E-state index contributed by atoms with van der Waals surface area (Å²) < 4.78 is 0. The summed E-state index contributed by atoms with van der Waals surface area (Å²) in [7, 11) is 0. The number of rotatable bonds is 3. The summed E-state index contributed by atoms with van der Waals surface area (Å²) in [5.41, 5.74) is 0.138. The monoisotopic (exact) mass is 225 g/mol. The van der Waals surface area contributed by atoms with E-state index in [1.807, 2.05) is 13.8 Å². The lowest BCUT2D eigenvalue weighted by molar-refractivity contribution is -0.135. The van der Waals surface area contributed by atoms with Gasteiger partial charge in [-0.05, 0) is 18.3 Å². The summed E-state index contributed by atoms with van der Waals surface area (Å²) >= 11 is 0. The predicted octanol–water partition coefficient (Wildman–Crippen LogP) is 2.25. The Kier molecular flexibility index (Phi) is 3.76. The van der Waals surface area contributed by atoms with Crippen molar-refractivity contribution in [3.05, 3.63) is 0 Å². The summed E-state index contributed by atoms with van der Waals surface area (Å²) in [5.74, 6) is 0.657. The van der Waals surface area contributed by atoms with E-state index >= 15 is 0 Å². The van der Waals surface area contributed by atoms with Crippen LogP contribution >= 0.6 is 0 Å². The summed E-state index contributed by atoms with van der Waals surface area (Å²) in [6, 6.07) is -0.246. The molecule has 1 amide bonds. The second-order valence-electron chi connectivity index (χ2n) is 5.81. The Morgan fingerprint density at radius 1 is 1.50 bits per heavy atom. The largest absolute Gasteiger partial charge is 0.333 e. The second kappa shape index (κ2) is 4.56. The van der Waals surface area contributed by atoms with Crippen molar-refractivity contribution < 1.29 is 9.59 Å². The first-order chi connectivity index (χ1) is 7.27. The standard InChI is InChI=1S/C13H23NO2/c1-6-11(15)9(2)14-8-10(7-12(14)16)13(3,4)5/h9-10H,6-8H2,1-5H3. The third kappa shape index (κ3) is 2.63. The van der Waals surface area contributed by atoms with Crippen LogP contribution in [-0.2, 0) is 9.59 Å². The van der Waals surface area contributed by atoms with Gasteiger partial charge in [0.1, 0.15) is 0 Å². The zero-order valence-electron chi connectivity index (χ0n) is 11.0. The highest BCUT2D eigenvalue weighted by atomic mass is 16.2. The molecule has 0 saturated carbocycles. The highest BCUT2D eigenvalue weighted by molar-refractivity contribution is 5.89. The Bertz CT molecular complexity index is 291. The van der Waals surface area contributed by atoms with Crippen LogP contribution in [0.3, 0.4) is 0 Å². The molecule has 92 valence electrons. The number of ketones is 1. The van der Waals surface area contributed by atoms with Gasteiger partial charge in [0.15, 0.2) is 5.78 Å². The lowest BCUT2D eigenvalue weighted by Crippen LogP contribution is -2.40.